The van der Waals surface area contributed by atoms with Gasteiger partial charge in [-0.2, -0.15) is 0 Å². The highest BCUT2D eigenvalue weighted by Gasteiger charge is 2.58. The molecule has 0 saturated heterocycles. The van der Waals surface area contributed by atoms with E-state index < -0.39 is 20.4 Å². The van der Waals surface area contributed by atoms with Gasteiger partial charge in [0.05, 0.1) is 22.1 Å². The van der Waals surface area contributed by atoms with Gasteiger partial charge in [-0.1, -0.05) is 36.0 Å². The second-order valence-electron chi connectivity index (χ2n) is 7.29. The highest BCUT2D eigenvalue weighted by atomic mass is 35.5. The lowest BCUT2D eigenvalue weighted by Crippen LogP contribution is -2.50. The van der Waals surface area contributed by atoms with Crippen molar-refractivity contribution in [3.05, 3.63) is 57.3 Å². The second-order valence-corrected chi connectivity index (χ2v) is 10.3. The molecule has 4 rings (SSSR count). The lowest BCUT2D eigenvalue weighted by Gasteiger charge is -2.47. The molecular weight excluding hydrogens is 410 g/mol. The third-order valence-corrected chi connectivity index (χ3v) is 8.94. The summed E-state index contributed by atoms with van der Waals surface area (Å²) in [5.74, 6) is -0.708. The molecule has 0 spiro atoms. The molecule has 1 aliphatic heterocycles. The molecule has 1 saturated carbocycles. The van der Waals surface area contributed by atoms with Crippen LogP contribution in [-0.4, -0.2) is 15.0 Å². The lowest BCUT2D eigenvalue weighted by atomic mass is 9.72. The maximum Gasteiger partial charge on any atom is 0.188 e. The third kappa shape index (κ3) is 2.70. The number of hydrogen-bond donors (Lipinski definition) is 0. The predicted molar refractivity (Wildman–Crippen MR) is 104 cm³/mol. The molecule has 27 heavy (non-hydrogen) atoms. The Morgan fingerprint density at radius 2 is 1.89 bits per heavy atom. The zero-order valence-corrected chi connectivity index (χ0v) is 17.1. The largest absolute Gasteiger partial charge is 0.492 e. The van der Waals surface area contributed by atoms with E-state index >= 15 is 4.39 Å². The number of rotatable bonds is 2. The van der Waals surface area contributed by atoms with E-state index in [0.29, 0.717) is 35.6 Å². The van der Waals surface area contributed by atoms with Crippen molar-refractivity contribution in [2.24, 2.45) is 5.92 Å². The van der Waals surface area contributed by atoms with Crippen molar-refractivity contribution >= 4 is 33.0 Å². The Balaban J connectivity index is 2.05. The Labute approximate surface area is 168 Å². The molecule has 2 aromatic carbocycles. The molecule has 1 aliphatic carbocycles. The van der Waals surface area contributed by atoms with Gasteiger partial charge in [0.2, 0.25) is 0 Å². The summed E-state index contributed by atoms with van der Waals surface area (Å²) < 4.78 is 47.5. The highest BCUT2D eigenvalue weighted by Crippen LogP contribution is 2.57. The Kier molecular flexibility index (Phi) is 4.68. The molecule has 1 heterocycles. The van der Waals surface area contributed by atoms with Gasteiger partial charge in [0.25, 0.3) is 0 Å². The van der Waals surface area contributed by atoms with E-state index in [2.05, 4.69) is 0 Å². The van der Waals surface area contributed by atoms with E-state index in [0.717, 1.165) is 6.42 Å². The van der Waals surface area contributed by atoms with Gasteiger partial charge in [0, 0.05) is 10.9 Å². The number of aryl methyl sites for hydroxylation is 1. The van der Waals surface area contributed by atoms with Gasteiger partial charge >= 0.3 is 0 Å². The highest BCUT2D eigenvalue weighted by molar-refractivity contribution is 7.92. The SMILES string of the molecule is Cc1cc(Cl)c(F)c2c1OCC1CCCC[C@@]21S(=O)(=O)c1ccc(Cl)cc1. The second kappa shape index (κ2) is 6.64. The monoisotopic (exact) mass is 428 g/mol. The first-order valence-electron chi connectivity index (χ1n) is 8.91. The van der Waals surface area contributed by atoms with Gasteiger partial charge < -0.3 is 4.74 Å². The fraction of sp³-hybridized carbons (Fsp3) is 0.400. The molecule has 3 nitrogen and oxygen atoms in total. The minimum atomic E-state index is -3.91. The van der Waals surface area contributed by atoms with Crippen LogP contribution in [0.1, 0.15) is 36.8 Å². The van der Waals surface area contributed by atoms with Crippen molar-refractivity contribution in [1.82, 2.24) is 0 Å². The van der Waals surface area contributed by atoms with Crippen molar-refractivity contribution in [1.29, 1.82) is 0 Å². The first-order valence-corrected chi connectivity index (χ1v) is 11.1. The molecule has 2 aliphatic rings. The minimum Gasteiger partial charge on any atom is -0.492 e. The summed E-state index contributed by atoms with van der Waals surface area (Å²) in [5, 5.41) is 0.371. The van der Waals surface area contributed by atoms with Crippen molar-refractivity contribution in [2.75, 3.05) is 6.61 Å². The minimum absolute atomic E-state index is 0.0771. The van der Waals surface area contributed by atoms with Crippen LogP contribution in [0, 0.1) is 18.7 Å². The average Bonchev–Trinajstić information content (AvgIpc) is 2.65. The quantitative estimate of drug-likeness (QED) is 0.616. The Morgan fingerprint density at radius 3 is 2.59 bits per heavy atom. The predicted octanol–water partition coefficient (Wildman–Crippen LogP) is 5.69. The fourth-order valence-electron chi connectivity index (χ4n) is 4.56. The number of sulfone groups is 1. The molecule has 0 amide bonds. The van der Waals surface area contributed by atoms with E-state index in [-0.39, 0.29) is 28.0 Å². The van der Waals surface area contributed by atoms with Crippen LogP contribution in [0.4, 0.5) is 4.39 Å². The van der Waals surface area contributed by atoms with E-state index in [4.69, 9.17) is 27.9 Å². The molecule has 0 radical (unpaired) electrons. The normalized spacial score (nSPS) is 24.7. The Bertz CT molecular complexity index is 1000. The summed E-state index contributed by atoms with van der Waals surface area (Å²) in [7, 11) is -3.91. The van der Waals surface area contributed by atoms with E-state index in [1.54, 1.807) is 19.1 Å². The Morgan fingerprint density at radius 1 is 1.19 bits per heavy atom. The molecule has 1 unspecified atom stereocenters. The molecule has 0 bridgehead atoms. The summed E-state index contributed by atoms with van der Waals surface area (Å²) >= 11 is 12.1. The topological polar surface area (TPSA) is 43.4 Å². The molecule has 144 valence electrons. The van der Waals surface area contributed by atoms with Crippen LogP contribution >= 0.6 is 23.2 Å². The number of ether oxygens (including phenoxy) is 1. The van der Waals surface area contributed by atoms with E-state index in [1.165, 1.54) is 18.2 Å². The number of benzene rings is 2. The standard InChI is InChI=1S/C20H19Cl2FO3S/c1-12-10-16(22)18(23)17-19(12)26-11-13-4-2-3-9-20(13,17)27(24,25)15-7-5-14(21)6-8-15/h5-8,10,13H,2-4,9,11H2,1H3/t13?,20-/m0/s1. The van der Waals surface area contributed by atoms with Crippen molar-refractivity contribution in [3.63, 3.8) is 0 Å². The first-order chi connectivity index (χ1) is 12.8. The molecule has 0 N–H and O–H groups in total. The molecule has 7 heteroatoms. The fourth-order valence-corrected chi connectivity index (χ4v) is 7.35. The molecule has 2 atom stereocenters. The van der Waals surface area contributed by atoms with Crippen molar-refractivity contribution in [3.8, 4) is 5.75 Å². The third-order valence-electron chi connectivity index (χ3n) is 5.82. The molecule has 0 aromatic heterocycles. The molecule has 2 aromatic rings. The number of fused-ring (bicyclic) bond motifs is 3. The van der Waals surface area contributed by atoms with Crippen LogP contribution in [0.5, 0.6) is 5.75 Å². The van der Waals surface area contributed by atoms with Crippen LogP contribution in [0.2, 0.25) is 10.0 Å². The van der Waals surface area contributed by atoms with Crippen molar-refractivity contribution < 1.29 is 17.5 Å². The van der Waals surface area contributed by atoms with E-state index in [9.17, 15) is 8.42 Å². The van der Waals surface area contributed by atoms with Gasteiger partial charge in [-0.25, -0.2) is 12.8 Å². The van der Waals surface area contributed by atoms with Gasteiger partial charge in [-0.15, -0.1) is 0 Å². The maximum atomic E-state index is 15.3. The first kappa shape index (κ1) is 19.0. The zero-order chi connectivity index (χ0) is 19.4. The van der Waals surface area contributed by atoms with Crippen LogP contribution in [0.25, 0.3) is 0 Å². The summed E-state index contributed by atoms with van der Waals surface area (Å²) in [6, 6.07) is 7.55. The van der Waals surface area contributed by atoms with E-state index in [1.807, 2.05) is 0 Å². The maximum absolute atomic E-state index is 15.3. The summed E-state index contributed by atoms with van der Waals surface area (Å²) in [6.45, 7) is 2.01. The van der Waals surface area contributed by atoms with Crippen molar-refractivity contribution in [2.45, 2.75) is 42.2 Å². The lowest BCUT2D eigenvalue weighted by molar-refractivity contribution is 0.129. The van der Waals surface area contributed by atoms with Gasteiger partial charge in [-0.3, -0.25) is 0 Å². The Hall–Kier alpha value is -1.30. The smallest absolute Gasteiger partial charge is 0.188 e. The van der Waals surface area contributed by atoms with Gasteiger partial charge in [0.15, 0.2) is 9.84 Å². The van der Waals surface area contributed by atoms with Crippen LogP contribution < -0.4 is 4.74 Å². The average molecular weight is 429 g/mol. The van der Waals surface area contributed by atoms with Crippen LogP contribution in [0.15, 0.2) is 35.2 Å². The van der Waals surface area contributed by atoms with Crippen LogP contribution in [-0.2, 0) is 14.6 Å². The van der Waals surface area contributed by atoms with Crippen LogP contribution in [0.3, 0.4) is 0 Å². The van der Waals surface area contributed by atoms with Gasteiger partial charge in [-0.05, 0) is 55.7 Å². The molecule has 1 fully saturated rings. The van der Waals surface area contributed by atoms with Gasteiger partial charge in [0.1, 0.15) is 16.3 Å². The summed E-state index contributed by atoms with van der Waals surface area (Å²) in [4.78, 5) is 0.142. The zero-order valence-electron chi connectivity index (χ0n) is 14.8. The summed E-state index contributed by atoms with van der Waals surface area (Å²) in [5.41, 5.74) is 0.740. The summed E-state index contributed by atoms with van der Waals surface area (Å²) in [6.07, 6.45) is 2.60. The number of halogens is 3. The number of hydrogen-bond acceptors (Lipinski definition) is 3. The molecular formula is C20H19Cl2FO3S.